The molecule has 9 nitrogen and oxygen atoms in total. The van der Waals surface area contributed by atoms with Gasteiger partial charge in [0.25, 0.3) is 0 Å². The monoisotopic (exact) mass is 589 g/mol. The number of carbonyl (C=O) groups is 4. The van der Waals surface area contributed by atoms with Crippen molar-refractivity contribution in [2.45, 2.75) is 144 Å². The van der Waals surface area contributed by atoms with E-state index in [-0.39, 0.29) is 53.7 Å². The Balaban J connectivity index is 2.26. The minimum absolute atomic E-state index is 0.0240. The number of nitrogens with zero attached hydrogens (tertiary/aromatic N) is 3. The summed E-state index contributed by atoms with van der Waals surface area (Å²) in [5.74, 6) is -0.520. The van der Waals surface area contributed by atoms with Crippen molar-refractivity contribution in [1.29, 1.82) is 0 Å². The van der Waals surface area contributed by atoms with Crippen LogP contribution in [0.15, 0.2) is 11.6 Å². The SMILES string of the molecule is CC[C@@H](C)NC(=O)[C@@H]1CCCN1C(=O)C(C)=C[C@H](C(C)C)N(C)C(=O)[C@@H](NC(=O)[C@H]1CCCCN1C(C)C)C(C)(C)C. The predicted octanol–water partition coefficient (Wildman–Crippen LogP) is 4.12. The number of likely N-dealkylation sites (tertiary alicyclic amines) is 2. The maximum Gasteiger partial charge on any atom is 0.249 e. The molecular weight excluding hydrogens is 530 g/mol. The Morgan fingerprint density at radius 1 is 0.905 bits per heavy atom. The number of likely N-dealkylation sites (N-methyl/N-ethyl adjacent to an activating group) is 1. The van der Waals surface area contributed by atoms with Crippen LogP contribution in [0.2, 0.25) is 0 Å². The third kappa shape index (κ3) is 9.04. The number of hydrogen-bond donors (Lipinski definition) is 2. The number of nitrogens with one attached hydrogen (secondary N) is 2. The Morgan fingerprint density at radius 2 is 1.50 bits per heavy atom. The van der Waals surface area contributed by atoms with E-state index in [9.17, 15) is 19.2 Å². The van der Waals surface area contributed by atoms with E-state index in [1.165, 1.54) is 0 Å². The average molecular weight is 590 g/mol. The van der Waals surface area contributed by atoms with Gasteiger partial charge in [-0.15, -0.1) is 0 Å². The molecule has 2 aliphatic rings. The fourth-order valence-corrected chi connectivity index (χ4v) is 6.12. The molecule has 2 rings (SSSR count). The number of piperidine rings is 1. The van der Waals surface area contributed by atoms with Crippen molar-refractivity contribution in [3.05, 3.63) is 11.6 Å². The van der Waals surface area contributed by atoms with E-state index >= 15 is 0 Å². The molecule has 240 valence electrons. The highest BCUT2D eigenvalue weighted by Gasteiger charge is 2.40. The normalized spacial score (nSPS) is 22.6. The molecule has 2 N–H and O–H groups in total. The van der Waals surface area contributed by atoms with Crippen LogP contribution >= 0.6 is 0 Å². The molecule has 0 spiro atoms. The molecule has 42 heavy (non-hydrogen) atoms. The maximum absolute atomic E-state index is 14.1. The number of hydrogen-bond acceptors (Lipinski definition) is 5. The van der Waals surface area contributed by atoms with E-state index < -0.39 is 17.5 Å². The Kier molecular flexibility index (Phi) is 13.1. The zero-order valence-electron chi connectivity index (χ0n) is 28.3. The van der Waals surface area contributed by atoms with Crippen LogP contribution in [0.1, 0.15) is 108 Å². The quantitative estimate of drug-likeness (QED) is 0.353. The maximum atomic E-state index is 14.1. The molecule has 2 saturated heterocycles. The van der Waals surface area contributed by atoms with Crippen molar-refractivity contribution in [3.8, 4) is 0 Å². The largest absolute Gasteiger partial charge is 0.352 e. The van der Waals surface area contributed by atoms with E-state index in [1.54, 1.807) is 23.8 Å². The lowest BCUT2D eigenvalue weighted by atomic mass is 9.84. The second-order valence-electron chi connectivity index (χ2n) is 14.2. The lowest BCUT2D eigenvalue weighted by Gasteiger charge is -2.41. The van der Waals surface area contributed by atoms with Crippen molar-refractivity contribution >= 4 is 23.6 Å². The first-order valence-electron chi connectivity index (χ1n) is 16.1. The Hall–Kier alpha value is -2.42. The van der Waals surface area contributed by atoms with Crippen LogP contribution in [0.5, 0.6) is 0 Å². The summed E-state index contributed by atoms with van der Waals surface area (Å²) in [6.07, 6.45) is 6.98. The Bertz CT molecular complexity index is 985. The van der Waals surface area contributed by atoms with Crippen LogP contribution in [0.25, 0.3) is 0 Å². The Labute approximate surface area is 255 Å². The van der Waals surface area contributed by atoms with Gasteiger partial charge in [-0.3, -0.25) is 24.1 Å². The van der Waals surface area contributed by atoms with Crippen molar-refractivity contribution in [2.24, 2.45) is 11.3 Å². The Morgan fingerprint density at radius 3 is 2.05 bits per heavy atom. The van der Waals surface area contributed by atoms with Crippen molar-refractivity contribution < 1.29 is 19.2 Å². The summed E-state index contributed by atoms with van der Waals surface area (Å²) in [6.45, 7) is 21.3. The van der Waals surface area contributed by atoms with Crippen LogP contribution in [-0.4, -0.2) is 94.7 Å². The third-order valence-corrected chi connectivity index (χ3v) is 8.96. The lowest BCUT2D eigenvalue weighted by molar-refractivity contribution is -0.142. The number of amides is 4. The lowest BCUT2D eigenvalue weighted by Crippen LogP contribution is -2.60. The van der Waals surface area contributed by atoms with Crippen molar-refractivity contribution in [2.75, 3.05) is 20.1 Å². The predicted molar refractivity (Wildman–Crippen MR) is 169 cm³/mol. The van der Waals surface area contributed by atoms with E-state index in [1.807, 2.05) is 54.5 Å². The van der Waals surface area contributed by atoms with Gasteiger partial charge in [0, 0.05) is 31.2 Å². The zero-order valence-corrected chi connectivity index (χ0v) is 28.3. The average Bonchev–Trinajstić information content (AvgIpc) is 3.42. The molecule has 0 aromatic rings. The molecule has 9 heteroatoms. The van der Waals surface area contributed by atoms with Gasteiger partial charge in [0.1, 0.15) is 12.1 Å². The van der Waals surface area contributed by atoms with Crippen molar-refractivity contribution in [1.82, 2.24) is 25.3 Å². The molecule has 0 radical (unpaired) electrons. The van der Waals surface area contributed by atoms with Gasteiger partial charge in [0.15, 0.2) is 0 Å². The molecule has 2 aliphatic heterocycles. The molecular formula is C33H59N5O4. The second-order valence-corrected chi connectivity index (χ2v) is 14.2. The molecule has 0 aromatic carbocycles. The van der Waals surface area contributed by atoms with Crippen LogP contribution in [0, 0.1) is 11.3 Å². The molecule has 0 bridgehead atoms. The first-order chi connectivity index (χ1) is 19.5. The molecule has 0 aromatic heterocycles. The summed E-state index contributed by atoms with van der Waals surface area (Å²) in [7, 11) is 1.76. The molecule has 5 atom stereocenters. The molecule has 2 heterocycles. The van der Waals surface area contributed by atoms with Gasteiger partial charge in [-0.1, -0.05) is 54.0 Å². The van der Waals surface area contributed by atoms with Gasteiger partial charge >= 0.3 is 0 Å². The second kappa shape index (κ2) is 15.3. The fourth-order valence-electron chi connectivity index (χ4n) is 6.12. The van der Waals surface area contributed by atoms with Gasteiger partial charge in [-0.2, -0.15) is 0 Å². The van der Waals surface area contributed by atoms with Crippen LogP contribution in [0.3, 0.4) is 0 Å². The summed E-state index contributed by atoms with van der Waals surface area (Å²) >= 11 is 0. The highest BCUT2D eigenvalue weighted by molar-refractivity contribution is 5.97. The molecule has 0 unspecified atom stereocenters. The number of carbonyl (C=O) groups excluding carboxylic acids is 4. The number of rotatable bonds is 11. The first-order valence-corrected chi connectivity index (χ1v) is 16.1. The van der Waals surface area contributed by atoms with Gasteiger partial charge in [-0.05, 0) is 77.7 Å². The van der Waals surface area contributed by atoms with Gasteiger partial charge < -0.3 is 20.4 Å². The summed E-state index contributed by atoms with van der Waals surface area (Å²) in [5, 5.41) is 6.15. The fraction of sp³-hybridized carbons (Fsp3) is 0.818. The summed E-state index contributed by atoms with van der Waals surface area (Å²) in [6, 6.07) is -1.49. The standard InChI is InChI=1S/C33H59N5O4/c1-12-24(7)34-29(39)26-17-15-19-38(26)31(41)23(6)20-27(21(2)3)36(11)32(42)28(33(8,9)10)35-30(40)25-16-13-14-18-37(25)22(4)5/h20-22,24-28H,12-19H2,1-11H3,(H,34,39)(H,35,40)/t24-,25-,26+,27-,28-/m1/s1. The zero-order chi connectivity index (χ0) is 31.9. The van der Waals surface area contributed by atoms with Gasteiger partial charge in [0.05, 0.1) is 12.1 Å². The third-order valence-electron chi connectivity index (χ3n) is 8.96. The summed E-state index contributed by atoms with van der Waals surface area (Å²) < 4.78 is 0. The highest BCUT2D eigenvalue weighted by Crippen LogP contribution is 2.27. The molecule has 0 aliphatic carbocycles. The van der Waals surface area contributed by atoms with E-state index in [4.69, 9.17) is 0 Å². The highest BCUT2D eigenvalue weighted by atomic mass is 16.2. The molecule has 2 fully saturated rings. The summed E-state index contributed by atoms with van der Waals surface area (Å²) in [5.41, 5.74) is 0.00271. The van der Waals surface area contributed by atoms with Gasteiger partial charge in [0.2, 0.25) is 23.6 Å². The molecule has 0 saturated carbocycles. The minimum Gasteiger partial charge on any atom is -0.352 e. The van der Waals surface area contributed by atoms with Crippen LogP contribution in [-0.2, 0) is 19.2 Å². The van der Waals surface area contributed by atoms with E-state index in [2.05, 4.69) is 29.4 Å². The van der Waals surface area contributed by atoms with E-state index in [0.717, 1.165) is 38.6 Å². The first kappa shape index (κ1) is 35.8. The van der Waals surface area contributed by atoms with Crippen molar-refractivity contribution in [3.63, 3.8) is 0 Å². The molecule has 4 amide bonds. The summed E-state index contributed by atoms with van der Waals surface area (Å²) in [4.78, 5) is 59.7. The smallest absolute Gasteiger partial charge is 0.249 e. The topological polar surface area (TPSA) is 102 Å². The van der Waals surface area contributed by atoms with Crippen LogP contribution in [0.4, 0.5) is 0 Å². The van der Waals surface area contributed by atoms with Gasteiger partial charge in [-0.25, -0.2) is 0 Å². The minimum atomic E-state index is -0.719. The van der Waals surface area contributed by atoms with Crippen LogP contribution < -0.4 is 10.6 Å². The van der Waals surface area contributed by atoms with E-state index in [0.29, 0.717) is 18.5 Å².